The van der Waals surface area contributed by atoms with Crippen molar-refractivity contribution in [1.82, 2.24) is 0 Å². The zero-order valence-electron chi connectivity index (χ0n) is 8.66. The third-order valence-corrected chi connectivity index (χ3v) is 2.94. The summed E-state index contributed by atoms with van der Waals surface area (Å²) in [6.07, 6.45) is -0.285. The molecule has 0 atom stereocenters. The van der Waals surface area contributed by atoms with Crippen molar-refractivity contribution in [2.24, 2.45) is 0 Å². The predicted octanol–water partition coefficient (Wildman–Crippen LogP) is 3.18. The lowest BCUT2D eigenvalue weighted by atomic mass is 10.1. The van der Waals surface area contributed by atoms with E-state index >= 15 is 0 Å². The number of nitrogens with zero attached hydrogens (tertiary/aromatic N) is 1. The Hall–Kier alpha value is -1.03. The summed E-state index contributed by atoms with van der Waals surface area (Å²) < 4.78 is 6.14. The van der Waals surface area contributed by atoms with E-state index in [-0.39, 0.29) is 6.09 Å². The average Bonchev–Trinajstić information content (AvgIpc) is 2.40. The highest BCUT2D eigenvalue weighted by Crippen LogP contribution is 2.32. The van der Waals surface area contributed by atoms with Crippen molar-refractivity contribution in [3.8, 4) is 0 Å². The first-order chi connectivity index (χ1) is 6.99. The molecule has 0 aromatic heterocycles. The smallest absolute Gasteiger partial charge is 0.415 e. The van der Waals surface area contributed by atoms with E-state index < -0.39 is 5.60 Å². The molecule has 0 radical (unpaired) electrons. The van der Waals surface area contributed by atoms with Crippen molar-refractivity contribution >= 4 is 27.7 Å². The minimum Gasteiger partial charge on any atom is -0.441 e. The lowest BCUT2D eigenvalue weighted by Crippen LogP contribution is -2.28. The number of amides is 1. The van der Waals surface area contributed by atoms with Gasteiger partial charge in [-0.05, 0) is 41.9 Å². The summed E-state index contributed by atoms with van der Waals surface area (Å²) in [7, 11) is 0. The van der Waals surface area contributed by atoms with Crippen molar-refractivity contribution in [2.75, 3.05) is 11.4 Å². The number of rotatable bonds is 1. The van der Waals surface area contributed by atoms with Gasteiger partial charge in [-0.25, -0.2) is 4.79 Å². The number of anilines is 1. The molecule has 0 saturated carbocycles. The molecule has 1 aromatic carbocycles. The quantitative estimate of drug-likeness (QED) is 0.784. The van der Waals surface area contributed by atoms with E-state index in [1.807, 2.05) is 38.1 Å². The SMILES string of the molecule is CC1(C)CN(c2ccccc2Br)C(=O)O1. The molecular formula is C11H12BrNO2. The third-order valence-electron chi connectivity index (χ3n) is 2.27. The Labute approximate surface area is 97.2 Å². The summed E-state index contributed by atoms with van der Waals surface area (Å²) in [6.45, 7) is 4.39. The second-order valence-corrected chi connectivity index (χ2v) is 5.02. The number of hydrogen-bond donors (Lipinski definition) is 0. The van der Waals surface area contributed by atoms with Gasteiger partial charge in [0.2, 0.25) is 0 Å². The molecule has 0 unspecified atom stereocenters. The second kappa shape index (κ2) is 3.52. The number of carbonyl (C=O) groups excluding carboxylic acids is 1. The first-order valence-electron chi connectivity index (χ1n) is 4.75. The predicted molar refractivity (Wildman–Crippen MR) is 62.0 cm³/mol. The van der Waals surface area contributed by atoms with Crippen molar-refractivity contribution in [3.05, 3.63) is 28.7 Å². The van der Waals surface area contributed by atoms with Gasteiger partial charge in [0.25, 0.3) is 0 Å². The van der Waals surface area contributed by atoms with E-state index in [2.05, 4.69) is 15.9 Å². The van der Waals surface area contributed by atoms with Crippen LogP contribution in [0.2, 0.25) is 0 Å². The van der Waals surface area contributed by atoms with Crippen LogP contribution in [0.4, 0.5) is 10.5 Å². The molecular weight excluding hydrogens is 258 g/mol. The molecule has 15 heavy (non-hydrogen) atoms. The van der Waals surface area contributed by atoms with Gasteiger partial charge >= 0.3 is 6.09 Å². The molecule has 3 nitrogen and oxygen atoms in total. The van der Waals surface area contributed by atoms with E-state index in [0.717, 1.165) is 10.2 Å². The van der Waals surface area contributed by atoms with Crippen LogP contribution in [0.1, 0.15) is 13.8 Å². The summed E-state index contributed by atoms with van der Waals surface area (Å²) in [5.74, 6) is 0. The maximum atomic E-state index is 11.6. The van der Waals surface area contributed by atoms with Gasteiger partial charge in [0.05, 0.1) is 12.2 Å². The van der Waals surface area contributed by atoms with Crippen molar-refractivity contribution in [3.63, 3.8) is 0 Å². The highest BCUT2D eigenvalue weighted by molar-refractivity contribution is 9.10. The monoisotopic (exact) mass is 269 g/mol. The summed E-state index contributed by atoms with van der Waals surface area (Å²) in [4.78, 5) is 13.3. The van der Waals surface area contributed by atoms with Crippen molar-refractivity contribution in [2.45, 2.75) is 19.4 Å². The van der Waals surface area contributed by atoms with Crippen LogP contribution in [0, 0.1) is 0 Å². The lowest BCUT2D eigenvalue weighted by Gasteiger charge is -2.16. The van der Waals surface area contributed by atoms with Gasteiger partial charge in [0.1, 0.15) is 5.60 Å². The number of para-hydroxylation sites is 1. The number of cyclic esters (lactones) is 1. The standard InChI is InChI=1S/C11H12BrNO2/c1-11(2)7-13(10(14)15-11)9-6-4-3-5-8(9)12/h3-6H,7H2,1-2H3. The van der Waals surface area contributed by atoms with Gasteiger partial charge < -0.3 is 4.74 Å². The Bertz CT molecular complexity index is 403. The summed E-state index contributed by atoms with van der Waals surface area (Å²) >= 11 is 3.42. The average molecular weight is 270 g/mol. The van der Waals surface area contributed by atoms with E-state index in [1.165, 1.54) is 0 Å². The molecule has 1 aliphatic heterocycles. The summed E-state index contributed by atoms with van der Waals surface area (Å²) in [5, 5.41) is 0. The number of benzene rings is 1. The minimum atomic E-state index is -0.410. The largest absolute Gasteiger partial charge is 0.441 e. The maximum Gasteiger partial charge on any atom is 0.415 e. The van der Waals surface area contributed by atoms with Crippen LogP contribution in [0.15, 0.2) is 28.7 Å². The number of carbonyl (C=O) groups is 1. The molecule has 0 bridgehead atoms. The van der Waals surface area contributed by atoms with Gasteiger partial charge in [-0.3, -0.25) is 4.90 Å². The first-order valence-corrected chi connectivity index (χ1v) is 5.54. The Morgan fingerprint density at radius 2 is 2.07 bits per heavy atom. The molecule has 1 fully saturated rings. The van der Waals surface area contributed by atoms with Gasteiger partial charge in [-0.2, -0.15) is 0 Å². The number of halogens is 1. The van der Waals surface area contributed by atoms with E-state index in [4.69, 9.17) is 4.74 Å². The van der Waals surface area contributed by atoms with E-state index in [9.17, 15) is 4.79 Å². The molecule has 80 valence electrons. The van der Waals surface area contributed by atoms with Gasteiger partial charge in [-0.15, -0.1) is 0 Å². The first kappa shape index (κ1) is 10.5. The van der Waals surface area contributed by atoms with Crippen LogP contribution < -0.4 is 4.90 Å². The van der Waals surface area contributed by atoms with Crippen LogP contribution >= 0.6 is 15.9 Å². The minimum absolute atomic E-state index is 0.285. The Morgan fingerprint density at radius 1 is 1.40 bits per heavy atom. The Morgan fingerprint density at radius 3 is 2.60 bits per heavy atom. The van der Waals surface area contributed by atoms with Gasteiger partial charge in [-0.1, -0.05) is 12.1 Å². The van der Waals surface area contributed by atoms with Crippen molar-refractivity contribution in [1.29, 1.82) is 0 Å². The zero-order chi connectivity index (χ0) is 11.1. The van der Waals surface area contributed by atoms with Crippen molar-refractivity contribution < 1.29 is 9.53 Å². The second-order valence-electron chi connectivity index (χ2n) is 4.17. The van der Waals surface area contributed by atoms with E-state index in [0.29, 0.717) is 6.54 Å². The molecule has 0 aliphatic carbocycles. The molecule has 1 aromatic rings. The molecule has 4 heteroatoms. The lowest BCUT2D eigenvalue weighted by molar-refractivity contribution is 0.0871. The molecule has 2 rings (SSSR count). The topological polar surface area (TPSA) is 29.5 Å². The van der Waals surface area contributed by atoms with Gasteiger partial charge in [0.15, 0.2) is 0 Å². The third kappa shape index (κ3) is 2.00. The highest BCUT2D eigenvalue weighted by atomic mass is 79.9. The maximum absolute atomic E-state index is 11.6. The fourth-order valence-corrected chi connectivity index (χ4v) is 2.12. The van der Waals surface area contributed by atoms with E-state index in [1.54, 1.807) is 4.90 Å². The van der Waals surface area contributed by atoms with Crippen LogP contribution in [-0.2, 0) is 4.74 Å². The Balaban J connectivity index is 2.34. The summed E-state index contributed by atoms with van der Waals surface area (Å²) in [6, 6.07) is 7.62. The van der Waals surface area contributed by atoms with Crippen LogP contribution in [0.3, 0.4) is 0 Å². The van der Waals surface area contributed by atoms with Crippen LogP contribution in [0.5, 0.6) is 0 Å². The molecule has 1 heterocycles. The van der Waals surface area contributed by atoms with Gasteiger partial charge in [0, 0.05) is 4.47 Å². The Kier molecular flexibility index (Phi) is 2.46. The fraction of sp³-hybridized carbons (Fsp3) is 0.364. The fourth-order valence-electron chi connectivity index (χ4n) is 1.62. The normalized spacial score (nSPS) is 19.1. The molecule has 0 N–H and O–H groups in total. The van der Waals surface area contributed by atoms with Crippen LogP contribution in [0.25, 0.3) is 0 Å². The molecule has 0 spiro atoms. The molecule has 1 amide bonds. The number of ether oxygens (including phenoxy) is 1. The summed E-state index contributed by atoms with van der Waals surface area (Å²) in [5.41, 5.74) is 0.444. The molecule has 1 saturated heterocycles. The zero-order valence-corrected chi connectivity index (χ0v) is 10.2. The molecule has 1 aliphatic rings. The highest BCUT2D eigenvalue weighted by Gasteiger charge is 2.38. The number of hydrogen-bond acceptors (Lipinski definition) is 2. The van der Waals surface area contributed by atoms with Crippen LogP contribution in [-0.4, -0.2) is 18.2 Å².